The highest BCUT2D eigenvalue weighted by atomic mass is 32.2. The fourth-order valence-corrected chi connectivity index (χ4v) is 4.01. The van der Waals surface area contributed by atoms with Crippen LogP contribution in [0.4, 0.5) is 0 Å². The molecular weight excluding hydrogens is 316 g/mol. The van der Waals surface area contributed by atoms with Gasteiger partial charge in [0.05, 0.1) is 16.6 Å². The van der Waals surface area contributed by atoms with Crippen molar-refractivity contribution in [3.63, 3.8) is 0 Å². The Labute approximate surface area is 136 Å². The Hall–Kier alpha value is -1.92. The largest absolute Gasteiger partial charge is 0.494 e. The first-order valence-electron chi connectivity index (χ1n) is 6.83. The second-order valence-corrected chi connectivity index (χ2v) is 6.66. The molecule has 112 valence electrons. The number of carbonyl (C=O) groups excluding carboxylic acids is 1. The summed E-state index contributed by atoms with van der Waals surface area (Å²) in [7, 11) is 0. The fraction of sp³-hybridized carbons (Fsp3) is 0.188. The number of allylic oxidation sites excluding steroid dienone is 1. The lowest BCUT2D eigenvalue weighted by Crippen LogP contribution is -2.11. The maximum absolute atomic E-state index is 12.5. The lowest BCUT2D eigenvalue weighted by Gasteiger charge is -2.04. The third kappa shape index (κ3) is 2.98. The van der Waals surface area contributed by atoms with Crippen LogP contribution in [0.2, 0.25) is 0 Å². The number of ketones is 1. The number of aromatic nitrogens is 1. The molecule has 0 aliphatic carbocycles. The molecule has 1 aliphatic heterocycles. The predicted octanol–water partition coefficient (Wildman–Crippen LogP) is 3.96. The van der Waals surface area contributed by atoms with Crippen molar-refractivity contribution in [3.8, 4) is 5.75 Å². The zero-order valence-corrected chi connectivity index (χ0v) is 13.5. The minimum Gasteiger partial charge on any atom is -0.494 e. The summed E-state index contributed by atoms with van der Waals surface area (Å²) in [6.45, 7) is 2.53. The van der Waals surface area contributed by atoms with Crippen molar-refractivity contribution < 1.29 is 9.53 Å². The summed E-state index contributed by atoms with van der Waals surface area (Å²) < 4.78 is 5.47. The number of hydrogen-bond acceptors (Lipinski definition) is 6. The second kappa shape index (κ2) is 6.46. The first-order chi connectivity index (χ1) is 10.7. The van der Waals surface area contributed by atoms with Gasteiger partial charge in [0.2, 0.25) is 0 Å². The molecule has 1 atom stereocenters. The summed E-state index contributed by atoms with van der Waals surface area (Å²) in [6, 6.07) is 7.59. The van der Waals surface area contributed by atoms with Crippen LogP contribution in [0.5, 0.6) is 5.75 Å². The monoisotopic (exact) mass is 330 g/mol. The van der Waals surface area contributed by atoms with Crippen molar-refractivity contribution in [2.75, 3.05) is 6.61 Å². The molecule has 0 spiro atoms. The van der Waals surface area contributed by atoms with Gasteiger partial charge in [0.15, 0.2) is 5.78 Å². The number of thiazole rings is 1. The summed E-state index contributed by atoms with van der Waals surface area (Å²) in [4.78, 5) is 17.3. The molecule has 1 saturated heterocycles. The molecule has 0 radical (unpaired) electrons. The van der Waals surface area contributed by atoms with Crippen LogP contribution in [0.25, 0.3) is 6.08 Å². The number of hydrogen-bond donors (Lipinski definition) is 1. The van der Waals surface area contributed by atoms with E-state index in [1.807, 2.05) is 42.6 Å². The lowest BCUT2D eigenvalue weighted by molar-refractivity contribution is -0.114. The Bertz CT molecular complexity index is 738. The van der Waals surface area contributed by atoms with Gasteiger partial charge in [-0.05, 0) is 30.7 Å². The number of carbonyl (C=O) groups is 1. The Balaban J connectivity index is 1.88. The highest BCUT2D eigenvalue weighted by Gasteiger charge is 2.38. The molecule has 2 aromatic rings. The third-order valence-corrected chi connectivity index (χ3v) is 4.99. The smallest absolute Gasteiger partial charge is 0.186 e. The number of rotatable bonds is 4. The van der Waals surface area contributed by atoms with Crippen LogP contribution in [0.15, 0.2) is 40.7 Å². The number of nitrogens with one attached hydrogen (secondary N) is 1. The van der Waals surface area contributed by atoms with Crippen LogP contribution in [0, 0.1) is 5.41 Å². The SMILES string of the molecule is CCOc1cccc(/C=C2\SC(=N)[C@@H](c3nccs3)C2=O)c1. The quantitative estimate of drug-likeness (QED) is 0.862. The van der Waals surface area contributed by atoms with Crippen LogP contribution in [0.1, 0.15) is 23.4 Å². The lowest BCUT2D eigenvalue weighted by atomic mass is 10.1. The molecule has 2 heterocycles. The number of thioether (sulfide) groups is 1. The minimum absolute atomic E-state index is 0.0493. The van der Waals surface area contributed by atoms with Crippen molar-refractivity contribution in [2.45, 2.75) is 12.8 Å². The van der Waals surface area contributed by atoms with Crippen LogP contribution in [-0.4, -0.2) is 22.4 Å². The van der Waals surface area contributed by atoms with E-state index in [-0.39, 0.29) is 5.78 Å². The highest BCUT2D eigenvalue weighted by Crippen LogP contribution is 2.41. The van der Waals surface area contributed by atoms with Crippen LogP contribution in [0.3, 0.4) is 0 Å². The topological polar surface area (TPSA) is 63.0 Å². The average Bonchev–Trinajstić information content (AvgIpc) is 3.09. The molecule has 3 rings (SSSR count). The van der Waals surface area contributed by atoms with Gasteiger partial charge in [-0.15, -0.1) is 11.3 Å². The van der Waals surface area contributed by atoms with Gasteiger partial charge in [0.1, 0.15) is 16.7 Å². The van der Waals surface area contributed by atoms with E-state index in [4.69, 9.17) is 10.1 Å². The van der Waals surface area contributed by atoms with Gasteiger partial charge in [0.25, 0.3) is 0 Å². The van der Waals surface area contributed by atoms with Gasteiger partial charge in [0, 0.05) is 11.6 Å². The highest BCUT2D eigenvalue weighted by molar-refractivity contribution is 8.19. The fourth-order valence-electron chi connectivity index (χ4n) is 2.20. The van der Waals surface area contributed by atoms with E-state index in [0.29, 0.717) is 21.6 Å². The van der Waals surface area contributed by atoms with Crippen LogP contribution >= 0.6 is 23.1 Å². The third-order valence-electron chi connectivity index (χ3n) is 3.15. The first kappa shape index (κ1) is 15.0. The van der Waals surface area contributed by atoms with Crippen molar-refractivity contribution in [2.24, 2.45) is 0 Å². The number of Topliss-reactive ketones (excluding diaryl/α,β-unsaturated/α-hetero) is 1. The van der Waals surface area contributed by atoms with E-state index in [1.54, 1.807) is 6.20 Å². The van der Waals surface area contributed by atoms with Gasteiger partial charge < -0.3 is 4.74 Å². The summed E-state index contributed by atoms with van der Waals surface area (Å²) in [5, 5.41) is 10.9. The van der Waals surface area contributed by atoms with E-state index in [9.17, 15) is 4.79 Å². The van der Waals surface area contributed by atoms with Crippen molar-refractivity contribution >= 4 is 40.0 Å². The molecule has 1 aromatic heterocycles. The van der Waals surface area contributed by atoms with Crippen LogP contribution in [-0.2, 0) is 4.79 Å². The molecule has 4 nitrogen and oxygen atoms in total. The number of ether oxygens (including phenoxy) is 1. The molecule has 22 heavy (non-hydrogen) atoms. The molecule has 0 bridgehead atoms. The second-order valence-electron chi connectivity index (χ2n) is 4.65. The number of benzene rings is 1. The summed E-state index contributed by atoms with van der Waals surface area (Å²) in [6.07, 6.45) is 3.48. The average molecular weight is 330 g/mol. The molecule has 0 amide bonds. The maximum atomic E-state index is 12.5. The van der Waals surface area contributed by atoms with Crippen molar-refractivity contribution in [1.82, 2.24) is 4.98 Å². The predicted molar refractivity (Wildman–Crippen MR) is 90.8 cm³/mol. The molecule has 0 unspecified atom stereocenters. The zero-order valence-electron chi connectivity index (χ0n) is 11.9. The zero-order chi connectivity index (χ0) is 15.5. The standard InChI is InChI=1S/C16H14N2O2S2/c1-2-20-11-5-3-4-10(8-11)9-12-14(19)13(15(17)22-12)16-18-6-7-21-16/h3-9,13,17H,2H2,1H3/b12-9-,17-15?/t13-/m0/s1. The Morgan fingerprint density at radius 1 is 1.45 bits per heavy atom. The Kier molecular flexibility index (Phi) is 4.40. The van der Waals surface area contributed by atoms with E-state index >= 15 is 0 Å². The maximum Gasteiger partial charge on any atom is 0.186 e. The Morgan fingerprint density at radius 3 is 3.05 bits per heavy atom. The Morgan fingerprint density at radius 2 is 2.32 bits per heavy atom. The molecule has 1 N–H and O–H groups in total. The summed E-state index contributed by atoms with van der Waals surface area (Å²) in [5.74, 6) is 0.192. The molecule has 1 aliphatic rings. The van der Waals surface area contributed by atoms with Crippen LogP contribution < -0.4 is 4.74 Å². The molecule has 1 fully saturated rings. The van der Waals surface area contributed by atoms with E-state index in [2.05, 4.69) is 4.98 Å². The van der Waals surface area contributed by atoms with E-state index < -0.39 is 5.92 Å². The molecular formula is C16H14N2O2S2. The normalized spacial score (nSPS) is 19.9. The van der Waals surface area contributed by atoms with Gasteiger partial charge in [-0.2, -0.15) is 0 Å². The summed E-state index contributed by atoms with van der Waals surface area (Å²) in [5.41, 5.74) is 0.898. The van der Waals surface area contributed by atoms with E-state index in [1.165, 1.54) is 23.1 Å². The first-order valence-corrected chi connectivity index (χ1v) is 8.53. The van der Waals surface area contributed by atoms with E-state index in [0.717, 1.165) is 11.3 Å². The van der Waals surface area contributed by atoms with Gasteiger partial charge >= 0.3 is 0 Å². The number of nitrogens with zero attached hydrogens (tertiary/aromatic N) is 1. The molecule has 1 aromatic carbocycles. The minimum atomic E-state index is -0.536. The molecule has 0 saturated carbocycles. The molecule has 6 heteroatoms. The van der Waals surface area contributed by atoms with Gasteiger partial charge in [-0.3, -0.25) is 10.2 Å². The van der Waals surface area contributed by atoms with Crippen molar-refractivity contribution in [1.29, 1.82) is 5.41 Å². The summed E-state index contributed by atoms with van der Waals surface area (Å²) >= 11 is 2.63. The van der Waals surface area contributed by atoms with Gasteiger partial charge in [-0.25, -0.2) is 4.98 Å². The van der Waals surface area contributed by atoms with Crippen molar-refractivity contribution in [3.05, 3.63) is 51.3 Å². The van der Waals surface area contributed by atoms with Gasteiger partial charge in [-0.1, -0.05) is 23.9 Å².